The minimum absolute atomic E-state index is 0.424. The van der Waals surface area contributed by atoms with Crippen molar-refractivity contribution in [3.63, 3.8) is 0 Å². The maximum Gasteiger partial charge on any atom is 0.138 e. The zero-order valence-electron chi connectivity index (χ0n) is 10.9. The molecule has 0 fully saturated rings. The Balaban J connectivity index is 2.89. The Morgan fingerprint density at radius 1 is 1.47 bits per heavy atom. The SMILES string of the molecule is CCCCCN(C)c1nccc(C)c1C(N)=S. The lowest BCUT2D eigenvalue weighted by Gasteiger charge is -2.21. The fourth-order valence-electron chi connectivity index (χ4n) is 1.84. The summed E-state index contributed by atoms with van der Waals surface area (Å²) in [4.78, 5) is 6.96. The number of aromatic nitrogens is 1. The molecule has 0 spiro atoms. The predicted octanol–water partition coefficient (Wildman–Crippen LogP) is 2.65. The average Bonchev–Trinajstić information content (AvgIpc) is 2.28. The highest BCUT2D eigenvalue weighted by Crippen LogP contribution is 2.20. The van der Waals surface area contributed by atoms with Gasteiger partial charge in [-0.25, -0.2) is 4.98 Å². The van der Waals surface area contributed by atoms with E-state index in [0.29, 0.717) is 4.99 Å². The summed E-state index contributed by atoms with van der Waals surface area (Å²) in [6.45, 7) is 5.20. The van der Waals surface area contributed by atoms with Crippen molar-refractivity contribution in [1.29, 1.82) is 0 Å². The topological polar surface area (TPSA) is 42.2 Å². The third-order valence-electron chi connectivity index (χ3n) is 2.84. The predicted molar refractivity (Wildman–Crippen MR) is 77.7 cm³/mol. The minimum atomic E-state index is 0.424. The van der Waals surface area contributed by atoms with Crippen LogP contribution in [-0.4, -0.2) is 23.6 Å². The first kappa shape index (κ1) is 13.9. The van der Waals surface area contributed by atoms with E-state index in [9.17, 15) is 0 Å². The monoisotopic (exact) mass is 251 g/mol. The summed E-state index contributed by atoms with van der Waals surface area (Å²) in [5.41, 5.74) is 7.76. The summed E-state index contributed by atoms with van der Waals surface area (Å²) < 4.78 is 0. The first-order valence-electron chi connectivity index (χ1n) is 6.04. The second-order valence-corrected chi connectivity index (χ2v) is 4.76. The Morgan fingerprint density at radius 3 is 2.76 bits per heavy atom. The zero-order valence-corrected chi connectivity index (χ0v) is 11.7. The Kier molecular flexibility index (Phi) is 5.35. The molecule has 0 atom stereocenters. The number of nitrogens with zero attached hydrogens (tertiary/aromatic N) is 2. The summed E-state index contributed by atoms with van der Waals surface area (Å²) in [5, 5.41) is 0. The van der Waals surface area contributed by atoms with E-state index in [1.165, 1.54) is 19.3 Å². The molecule has 0 saturated heterocycles. The van der Waals surface area contributed by atoms with E-state index in [2.05, 4.69) is 16.8 Å². The van der Waals surface area contributed by atoms with Crippen molar-refractivity contribution < 1.29 is 0 Å². The van der Waals surface area contributed by atoms with E-state index in [4.69, 9.17) is 18.0 Å². The number of anilines is 1. The fraction of sp³-hybridized carbons (Fsp3) is 0.538. The van der Waals surface area contributed by atoms with Crippen molar-refractivity contribution >= 4 is 23.0 Å². The highest BCUT2D eigenvalue weighted by molar-refractivity contribution is 7.80. The van der Waals surface area contributed by atoms with Crippen molar-refractivity contribution in [3.8, 4) is 0 Å². The van der Waals surface area contributed by atoms with Crippen molar-refractivity contribution in [3.05, 3.63) is 23.4 Å². The zero-order chi connectivity index (χ0) is 12.8. The van der Waals surface area contributed by atoms with E-state index in [1.807, 2.05) is 26.2 Å². The van der Waals surface area contributed by atoms with Crippen LogP contribution in [0, 0.1) is 6.92 Å². The first-order chi connectivity index (χ1) is 8.07. The van der Waals surface area contributed by atoms with Gasteiger partial charge in [-0.2, -0.15) is 0 Å². The van der Waals surface area contributed by atoms with Crippen LogP contribution in [-0.2, 0) is 0 Å². The molecule has 2 N–H and O–H groups in total. The fourth-order valence-corrected chi connectivity index (χ4v) is 2.10. The van der Waals surface area contributed by atoms with E-state index in [1.54, 1.807) is 0 Å². The van der Waals surface area contributed by atoms with Crippen molar-refractivity contribution in [2.24, 2.45) is 5.73 Å². The molecule has 0 amide bonds. The van der Waals surface area contributed by atoms with Crippen LogP contribution in [0.1, 0.15) is 37.3 Å². The number of thiocarbonyl (C=S) groups is 1. The van der Waals surface area contributed by atoms with Gasteiger partial charge in [0.25, 0.3) is 0 Å². The molecule has 0 aromatic carbocycles. The molecule has 0 aliphatic carbocycles. The molecular weight excluding hydrogens is 230 g/mol. The minimum Gasteiger partial charge on any atom is -0.389 e. The van der Waals surface area contributed by atoms with E-state index < -0.39 is 0 Å². The summed E-state index contributed by atoms with van der Waals surface area (Å²) in [5.74, 6) is 0.897. The standard InChI is InChI=1S/C13H21N3S/c1-4-5-6-9-16(3)13-11(12(14)17)10(2)7-8-15-13/h7-8H,4-6,9H2,1-3H3,(H2,14,17). The van der Waals surface area contributed by atoms with Gasteiger partial charge in [-0.3, -0.25) is 0 Å². The number of nitrogens with two attached hydrogens (primary N) is 1. The quantitative estimate of drug-likeness (QED) is 0.623. The number of hydrogen-bond acceptors (Lipinski definition) is 3. The van der Waals surface area contributed by atoms with Crippen LogP contribution >= 0.6 is 12.2 Å². The summed E-state index contributed by atoms with van der Waals surface area (Å²) in [6.07, 6.45) is 5.43. The lowest BCUT2D eigenvalue weighted by molar-refractivity contribution is 0.701. The Bertz CT molecular complexity index is 390. The van der Waals surface area contributed by atoms with Crippen LogP contribution < -0.4 is 10.6 Å². The molecule has 1 heterocycles. The Labute approximate surface area is 109 Å². The molecule has 3 nitrogen and oxygen atoms in total. The number of hydrogen-bond donors (Lipinski definition) is 1. The highest BCUT2D eigenvalue weighted by atomic mass is 32.1. The normalized spacial score (nSPS) is 10.3. The molecule has 0 unspecified atom stereocenters. The van der Waals surface area contributed by atoms with Gasteiger partial charge >= 0.3 is 0 Å². The van der Waals surface area contributed by atoms with Gasteiger partial charge in [-0.1, -0.05) is 32.0 Å². The van der Waals surface area contributed by atoms with Crippen LogP contribution in [0.2, 0.25) is 0 Å². The molecule has 1 aromatic heterocycles. The van der Waals surface area contributed by atoms with Gasteiger partial charge in [0, 0.05) is 19.8 Å². The van der Waals surface area contributed by atoms with Gasteiger partial charge in [-0.15, -0.1) is 0 Å². The van der Waals surface area contributed by atoms with Gasteiger partial charge < -0.3 is 10.6 Å². The molecule has 0 aliphatic rings. The van der Waals surface area contributed by atoms with Gasteiger partial charge in [0.15, 0.2) is 0 Å². The number of aryl methyl sites for hydroxylation is 1. The van der Waals surface area contributed by atoms with Gasteiger partial charge in [0.05, 0.1) is 5.56 Å². The van der Waals surface area contributed by atoms with Crippen molar-refractivity contribution in [1.82, 2.24) is 4.98 Å². The van der Waals surface area contributed by atoms with Gasteiger partial charge in [-0.05, 0) is 25.0 Å². The Morgan fingerprint density at radius 2 is 2.18 bits per heavy atom. The molecule has 4 heteroatoms. The summed E-state index contributed by atoms with van der Waals surface area (Å²) in [7, 11) is 2.04. The molecule has 0 aliphatic heterocycles. The van der Waals surface area contributed by atoms with Crippen LogP contribution in [0.5, 0.6) is 0 Å². The maximum absolute atomic E-state index is 5.77. The largest absolute Gasteiger partial charge is 0.389 e. The van der Waals surface area contributed by atoms with Crippen molar-refractivity contribution in [2.45, 2.75) is 33.1 Å². The molecule has 0 saturated carbocycles. The van der Waals surface area contributed by atoms with Gasteiger partial charge in [0.1, 0.15) is 10.8 Å². The molecule has 1 aromatic rings. The number of unbranched alkanes of at least 4 members (excludes halogenated alkanes) is 2. The Hall–Kier alpha value is -1.16. The molecular formula is C13H21N3S. The second-order valence-electron chi connectivity index (χ2n) is 4.32. The van der Waals surface area contributed by atoms with Crippen molar-refractivity contribution in [2.75, 3.05) is 18.5 Å². The lowest BCUT2D eigenvalue weighted by atomic mass is 10.1. The van der Waals surface area contributed by atoms with Crippen LogP contribution in [0.4, 0.5) is 5.82 Å². The third-order valence-corrected chi connectivity index (χ3v) is 3.05. The molecule has 1 rings (SSSR count). The van der Waals surface area contributed by atoms with Gasteiger partial charge in [0.2, 0.25) is 0 Å². The second kappa shape index (κ2) is 6.55. The van der Waals surface area contributed by atoms with E-state index >= 15 is 0 Å². The molecule has 17 heavy (non-hydrogen) atoms. The smallest absolute Gasteiger partial charge is 0.138 e. The maximum atomic E-state index is 5.77. The van der Waals surface area contributed by atoms with E-state index in [-0.39, 0.29) is 0 Å². The third kappa shape index (κ3) is 3.66. The summed E-state index contributed by atoms with van der Waals surface area (Å²) in [6, 6.07) is 1.94. The number of rotatable bonds is 6. The molecule has 0 radical (unpaired) electrons. The highest BCUT2D eigenvalue weighted by Gasteiger charge is 2.13. The first-order valence-corrected chi connectivity index (χ1v) is 6.45. The lowest BCUT2D eigenvalue weighted by Crippen LogP contribution is -2.25. The van der Waals surface area contributed by atoms with E-state index in [0.717, 1.165) is 23.5 Å². The number of pyridine rings is 1. The molecule has 94 valence electrons. The van der Waals surface area contributed by atoms with Crippen LogP contribution in [0.15, 0.2) is 12.3 Å². The average molecular weight is 251 g/mol. The summed E-state index contributed by atoms with van der Waals surface area (Å²) >= 11 is 5.10. The van der Waals surface area contributed by atoms with Crippen LogP contribution in [0.25, 0.3) is 0 Å². The van der Waals surface area contributed by atoms with Crippen LogP contribution in [0.3, 0.4) is 0 Å². The molecule has 0 bridgehead atoms.